The summed E-state index contributed by atoms with van der Waals surface area (Å²) in [4.78, 5) is 17.1. The number of rotatable bonds is 8. The van der Waals surface area contributed by atoms with Crippen LogP contribution in [0.5, 0.6) is 0 Å². The van der Waals surface area contributed by atoms with Gasteiger partial charge in [0.05, 0.1) is 17.3 Å². The van der Waals surface area contributed by atoms with Crippen LogP contribution >= 0.6 is 0 Å². The highest BCUT2D eigenvalue weighted by molar-refractivity contribution is 5.92. The molecule has 4 rings (SSSR count). The third kappa shape index (κ3) is 5.15. The van der Waals surface area contributed by atoms with Gasteiger partial charge in [0.1, 0.15) is 17.4 Å². The van der Waals surface area contributed by atoms with E-state index in [2.05, 4.69) is 4.98 Å². The van der Waals surface area contributed by atoms with Gasteiger partial charge in [-0.05, 0) is 54.8 Å². The van der Waals surface area contributed by atoms with Gasteiger partial charge in [0.2, 0.25) is 0 Å². The molecule has 1 atom stereocenters. The molecular formula is C28H25F2NO2. The quantitative estimate of drug-likeness (QED) is 0.336. The Kier molecular flexibility index (Phi) is 6.90. The fourth-order valence-electron chi connectivity index (χ4n) is 3.93. The van der Waals surface area contributed by atoms with Gasteiger partial charge < -0.3 is 5.11 Å². The number of carbonyl (C=O) groups excluding carboxylic acids is 1. The van der Waals surface area contributed by atoms with E-state index in [1.54, 1.807) is 48.5 Å². The molecule has 0 aliphatic carbocycles. The van der Waals surface area contributed by atoms with E-state index in [0.717, 1.165) is 10.9 Å². The Morgan fingerprint density at radius 2 is 1.58 bits per heavy atom. The average molecular weight is 446 g/mol. The third-order valence-corrected chi connectivity index (χ3v) is 5.80. The fraction of sp³-hybridized carbons (Fsp3) is 0.214. The number of ketones is 1. The minimum absolute atomic E-state index is 0.0483. The lowest BCUT2D eigenvalue weighted by molar-refractivity contribution is -0.119. The molecule has 0 amide bonds. The van der Waals surface area contributed by atoms with E-state index in [4.69, 9.17) is 0 Å². The van der Waals surface area contributed by atoms with Crippen molar-refractivity contribution in [1.29, 1.82) is 0 Å². The highest BCUT2D eigenvalue weighted by Gasteiger charge is 2.17. The first-order valence-electron chi connectivity index (χ1n) is 11.1. The van der Waals surface area contributed by atoms with E-state index in [1.807, 2.05) is 19.1 Å². The molecule has 0 radical (unpaired) electrons. The normalized spacial score (nSPS) is 12.1. The topological polar surface area (TPSA) is 50.2 Å². The number of hydrogen-bond donors (Lipinski definition) is 1. The Hall–Kier alpha value is -3.44. The van der Waals surface area contributed by atoms with Crippen molar-refractivity contribution in [3.8, 4) is 22.4 Å². The fourth-order valence-corrected chi connectivity index (χ4v) is 3.93. The second-order valence-corrected chi connectivity index (χ2v) is 8.19. The zero-order chi connectivity index (χ0) is 23.4. The molecule has 0 saturated carbocycles. The van der Waals surface area contributed by atoms with Gasteiger partial charge in [0.15, 0.2) is 0 Å². The van der Waals surface area contributed by atoms with Crippen molar-refractivity contribution in [2.45, 2.75) is 38.7 Å². The SMILES string of the molecule is CCC(O)CCC(=O)Cc1ccc2nc(-c3ccccc3F)c(-c3ccccc3F)cc2c1. The summed E-state index contributed by atoms with van der Waals surface area (Å²) in [6.07, 6.45) is 1.18. The van der Waals surface area contributed by atoms with E-state index in [0.29, 0.717) is 47.2 Å². The molecule has 1 heterocycles. The molecule has 3 nitrogen and oxygen atoms in total. The molecule has 4 aromatic rings. The van der Waals surface area contributed by atoms with Gasteiger partial charge in [-0.25, -0.2) is 13.8 Å². The molecule has 5 heteroatoms. The molecule has 1 aromatic heterocycles. The number of aromatic nitrogens is 1. The molecule has 3 aromatic carbocycles. The highest BCUT2D eigenvalue weighted by atomic mass is 19.1. The van der Waals surface area contributed by atoms with Gasteiger partial charge in [-0.2, -0.15) is 0 Å². The molecule has 0 fully saturated rings. The number of Topliss-reactive ketones (excluding diaryl/α,β-unsaturated/α-hetero) is 1. The van der Waals surface area contributed by atoms with Crippen molar-refractivity contribution < 1.29 is 18.7 Å². The molecule has 0 saturated heterocycles. The van der Waals surface area contributed by atoms with Gasteiger partial charge >= 0.3 is 0 Å². The molecule has 0 aliphatic heterocycles. The van der Waals surface area contributed by atoms with Crippen LogP contribution in [0.1, 0.15) is 31.7 Å². The zero-order valence-corrected chi connectivity index (χ0v) is 18.4. The first-order chi connectivity index (χ1) is 16.0. The van der Waals surface area contributed by atoms with Crippen molar-refractivity contribution >= 4 is 16.7 Å². The van der Waals surface area contributed by atoms with Crippen LogP contribution < -0.4 is 0 Å². The largest absolute Gasteiger partial charge is 0.393 e. The summed E-state index contributed by atoms with van der Waals surface area (Å²) in [5.41, 5.74) is 2.93. The second-order valence-electron chi connectivity index (χ2n) is 8.19. The van der Waals surface area contributed by atoms with Crippen LogP contribution in [0.2, 0.25) is 0 Å². The van der Waals surface area contributed by atoms with Crippen LogP contribution in [0.15, 0.2) is 72.8 Å². The van der Waals surface area contributed by atoms with Crippen molar-refractivity contribution in [2.24, 2.45) is 0 Å². The highest BCUT2D eigenvalue weighted by Crippen LogP contribution is 2.36. The Bertz CT molecular complexity index is 1300. The monoisotopic (exact) mass is 445 g/mol. The lowest BCUT2D eigenvalue weighted by Crippen LogP contribution is -2.10. The summed E-state index contributed by atoms with van der Waals surface area (Å²) >= 11 is 0. The Morgan fingerprint density at radius 1 is 0.909 bits per heavy atom. The van der Waals surface area contributed by atoms with Crippen molar-refractivity contribution in [1.82, 2.24) is 4.98 Å². The van der Waals surface area contributed by atoms with Gasteiger partial charge in [-0.1, -0.05) is 43.3 Å². The predicted octanol–water partition coefficient (Wildman–Crippen LogP) is 6.51. The van der Waals surface area contributed by atoms with Crippen LogP contribution in [0.25, 0.3) is 33.3 Å². The summed E-state index contributed by atoms with van der Waals surface area (Å²) < 4.78 is 29.4. The maximum absolute atomic E-state index is 14.7. The lowest BCUT2D eigenvalue weighted by Gasteiger charge is -2.13. The molecular weight excluding hydrogens is 420 g/mol. The summed E-state index contributed by atoms with van der Waals surface area (Å²) in [6, 6.07) is 20.0. The third-order valence-electron chi connectivity index (χ3n) is 5.80. The average Bonchev–Trinajstić information content (AvgIpc) is 2.82. The Balaban J connectivity index is 1.77. The summed E-state index contributed by atoms with van der Waals surface area (Å²) in [5.74, 6) is -0.803. The second kappa shape index (κ2) is 10.0. The Labute approximate surface area is 191 Å². The van der Waals surface area contributed by atoms with Crippen LogP contribution in [0.3, 0.4) is 0 Å². The maximum atomic E-state index is 14.7. The Morgan fingerprint density at radius 3 is 2.24 bits per heavy atom. The van der Waals surface area contributed by atoms with Crippen LogP contribution in [0.4, 0.5) is 8.78 Å². The van der Waals surface area contributed by atoms with Crippen LogP contribution in [-0.2, 0) is 11.2 Å². The number of nitrogens with zero attached hydrogens (tertiary/aromatic N) is 1. The van der Waals surface area contributed by atoms with E-state index in [1.165, 1.54) is 12.1 Å². The lowest BCUT2D eigenvalue weighted by atomic mass is 9.95. The number of carbonyl (C=O) groups is 1. The smallest absolute Gasteiger partial charge is 0.137 e. The molecule has 168 valence electrons. The standard InChI is InChI=1S/C28H25F2NO2/c1-2-20(32)12-13-21(33)16-18-11-14-27-19(15-18)17-24(22-7-3-5-9-25(22)29)28(31-27)23-8-4-6-10-26(23)30/h3-11,14-15,17,20,32H,2,12-13,16H2,1H3. The molecule has 0 aliphatic rings. The van der Waals surface area contributed by atoms with Gasteiger partial charge in [-0.3, -0.25) is 4.79 Å². The molecule has 33 heavy (non-hydrogen) atoms. The number of halogens is 2. The van der Waals surface area contributed by atoms with E-state index < -0.39 is 17.7 Å². The van der Waals surface area contributed by atoms with Crippen molar-refractivity contribution in [2.75, 3.05) is 0 Å². The number of benzene rings is 3. The van der Waals surface area contributed by atoms with Crippen LogP contribution in [-0.4, -0.2) is 22.0 Å². The summed E-state index contributed by atoms with van der Waals surface area (Å²) in [7, 11) is 0. The minimum Gasteiger partial charge on any atom is -0.393 e. The summed E-state index contributed by atoms with van der Waals surface area (Å²) in [5, 5.41) is 10.4. The number of pyridine rings is 1. The predicted molar refractivity (Wildman–Crippen MR) is 127 cm³/mol. The van der Waals surface area contributed by atoms with E-state index in [-0.39, 0.29) is 12.2 Å². The first-order valence-corrected chi connectivity index (χ1v) is 11.1. The van der Waals surface area contributed by atoms with Gasteiger partial charge in [0.25, 0.3) is 0 Å². The molecule has 0 spiro atoms. The van der Waals surface area contributed by atoms with Gasteiger partial charge in [0, 0.05) is 34.9 Å². The van der Waals surface area contributed by atoms with E-state index >= 15 is 0 Å². The van der Waals surface area contributed by atoms with Crippen molar-refractivity contribution in [3.63, 3.8) is 0 Å². The van der Waals surface area contributed by atoms with Crippen molar-refractivity contribution in [3.05, 3.63) is 90.0 Å². The first kappa shape index (κ1) is 22.7. The summed E-state index contributed by atoms with van der Waals surface area (Å²) in [6.45, 7) is 1.88. The van der Waals surface area contributed by atoms with E-state index in [9.17, 15) is 18.7 Å². The molecule has 0 bridgehead atoms. The number of hydrogen-bond acceptors (Lipinski definition) is 3. The maximum Gasteiger partial charge on any atom is 0.137 e. The van der Waals surface area contributed by atoms with Gasteiger partial charge in [-0.15, -0.1) is 0 Å². The molecule has 1 unspecified atom stereocenters. The number of aliphatic hydroxyl groups excluding tert-OH is 1. The molecule has 1 N–H and O–H groups in total. The zero-order valence-electron chi connectivity index (χ0n) is 18.4. The minimum atomic E-state index is -0.463. The number of fused-ring (bicyclic) bond motifs is 1. The van der Waals surface area contributed by atoms with Crippen LogP contribution in [0, 0.1) is 11.6 Å². The number of aliphatic hydroxyl groups is 1.